The number of benzene rings is 2. The Bertz CT molecular complexity index is 1360. The van der Waals surface area contributed by atoms with Crippen molar-refractivity contribution in [3.8, 4) is 28.4 Å². The molecule has 0 aliphatic rings. The van der Waals surface area contributed by atoms with Gasteiger partial charge in [-0.2, -0.15) is 0 Å². The van der Waals surface area contributed by atoms with E-state index in [9.17, 15) is 14.4 Å². The fourth-order valence-corrected chi connectivity index (χ4v) is 3.30. The molecule has 0 atom stereocenters. The molecular formula is C24H18O7. The highest BCUT2D eigenvalue weighted by Gasteiger charge is 2.25. The zero-order valence-corrected chi connectivity index (χ0v) is 16.8. The second kappa shape index (κ2) is 8.31. The van der Waals surface area contributed by atoms with Crippen LogP contribution in [0.3, 0.4) is 0 Å². The van der Waals surface area contributed by atoms with Gasteiger partial charge in [0.2, 0.25) is 0 Å². The maximum absolute atomic E-state index is 12.9. The molecule has 0 saturated heterocycles. The molecule has 2 aromatic heterocycles. The predicted octanol–water partition coefficient (Wildman–Crippen LogP) is 4.27. The van der Waals surface area contributed by atoms with Crippen molar-refractivity contribution in [2.75, 3.05) is 13.7 Å². The van der Waals surface area contributed by atoms with Crippen molar-refractivity contribution in [2.24, 2.45) is 0 Å². The van der Waals surface area contributed by atoms with Crippen LogP contribution in [0.2, 0.25) is 0 Å². The zero-order chi connectivity index (χ0) is 22.0. The van der Waals surface area contributed by atoms with Crippen LogP contribution in [0.15, 0.2) is 79.1 Å². The first-order chi connectivity index (χ1) is 15.0. The average molecular weight is 418 g/mol. The van der Waals surface area contributed by atoms with Crippen molar-refractivity contribution in [3.63, 3.8) is 0 Å². The second-order valence-electron chi connectivity index (χ2n) is 6.60. The molecule has 0 saturated carbocycles. The number of ether oxygens (including phenoxy) is 2. The number of carbonyl (C=O) groups excluding carboxylic acids is 1. The third kappa shape index (κ3) is 3.73. The molecule has 0 spiro atoms. The molecule has 0 fully saturated rings. The topological polar surface area (TPSA) is 96.0 Å². The molecule has 7 nitrogen and oxygen atoms in total. The van der Waals surface area contributed by atoms with E-state index in [1.54, 1.807) is 68.6 Å². The average Bonchev–Trinajstić information content (AvgIpc) is 2.79. The standard InChI is InChI=1S/C24H18O7/c1-3-29-22(25)19-17-13-18(14-9-11-16(28-2)12-10-14)30-23(26)20(17)24(27)31-21(19)15-7-5-4-6-8-15/h4-13H,3H2,1-2H3. The van der Waals surface area contributed by atoms with Crippen LogP contribution in [0.1, 0.15) is 17.3 Å². The van der Waals surface area contributed by atoms with Gasteiger partial charge in [-0.15, -0.1) is 0 Å². The van der Waals surface area contributed by atoms with Crippen LogP contribution in [-0.4, -0.2) is 19.7 Å². The molecule has 0 radical (unpaired) electrons. The Morgan fingerprint density at radius 1 is 0.903 bits per heavy atom. The number of carbonyl (C=O) groups is 1. The van der Waals surface area contributed by atoms with Gasteiger partial charge in [-0.1, -0.05) is 30.3 Å². The van der Waals surface area contributed by atoms with Gasteiger partial charge in [0, 0.05) is 16.5 Å². The van der Waals surface area contributed by atoms with E-state index in [0.29, 0.717) is 16.9 Å². The summed E-state index contributed by atoms with van der Waals surface area (Å²) < 4.78 is 21.1. The zero-order valence-electron chi connectivity index (χ0n) is 16.8. The fraction of sp³-hybridized carbons (Fsp3) is 0.125. The van der Waals surface area contributed by atoms with E-state index in [2.05, 4.69) is 0 Å². The Hall–Kier alpha value is -4.13. The number of methoxy groups -OCH3 is 1. The normalized spacial score (nSPS) is 10.8. The van der Waals surface area contributed by atoms with Gasteiger partial charge >= 0.3 is 17.2 Å². The summed E-state index contributed by atoms with van der Waals surface area (Å²) in [5.74, 6) is 0.144. The lowest BCUT2D eigenvalue weighted by Gasteiger charge is -2.11. The molecule has 156 valence electrons. The largest absolute Gasteiger partial charge is 0.497 e. The Labute approximate surface area is 176 Å². The third-order valence-electron chi connectivity index (χ3n) is 4.74. The minimum atomic E-state index is -0.901. The Morgan fingerprint density at radius 3 is 2.23 bits per heavy atom. The smallest absolute Gasteiger partial charge is 0.351 e. The lowest BCUT2D eigenvalue weighted by atomic mass is 10.0. The molecule has 0 aliphatic heterocycles. The van der Waals surface area contributed by atoms with Crippen molar-refractivity contribution in [3.05, 3.63) is 87.1 Å². The van der Waals surface area contributed by atoms with Gasteiger partial charge in [0.05, 0.1) is 13.7 Å². The third-order valence-corrected chi connectivity index (χ3v) is 4.74. The highest BCUT2D eigenvalue weighted by atomic mass is 16.5. The van der Waals surface area contributed by atoms with Crippen molar-refractivity contribution < 1.29 is 23.1 Å². The summed E-state index contributed by atoms with van der Waals surface area (Å²) in [4.78, 5) is 38.2. The minimum Gasteiger partial charge on any atom is -0.497 e. The molecule has 2 heterocycles. The summed E-state index contributed by atoms with van der Waals surface area (Å²) in [5, 5.41) is -0.240. The minimum absolute atomic E-state index is 0.00897. The van der Waals surface area contributed by atoms with Crippen LogP contribution in [0.25, 0.3) is 33.4 Å². The van der Waals surface area contributed by atoms with Gasteiger partial charge in [0.15, 0.2) is 11.1 Å². The Balaban J connectivity index is 2.06. The SMILES string of the molecule is CCOC(=O)c1c(-c2ccccc2)oc(=O)c2c(=O)oc(-c3ccc(OC)cc3)cc12. The predicted molar refractivity (Wildman–Crippen MR) is 114 cm³/mol. The van der Waals surface area contributed by atoms with Gasteiger partial charge < -0.3 is 18.3 Å². The van der Waals surface area contributed by atoms with E-state index in [4.69, 9.17) is 18.3 Å². The second-order valence-corrected chi connectivity index (χ2v) is 6.60. The Kier molecular flexibility index (Phi) is 5.41. The fourth-order valence-electron chi connectivity index (χ4n) is 3.30. The van der Waals surface area contributed by atoms with Gasteiger partial charge in [-0.25, -0.2) is 14.4 Å². The maximum Gasteiger partial charge on any atom is 0.351 e. The molecule has 0 aliphatic carbocycles. The molecule has 31 heavy (non-hydrogen) atoms. The number of esters is 1. The van der Waals surface area contributed by atoms with E-state index >= 15 is 0 Å². The summed E-state index contributed by atoms with van der Waals surface area (Å²) in [7, 11) is 1.54. The lowest BCUT2D eigenvalue weighted by Crippen LogP contribution is -2.17. The summed E-state index contributed by atoms with van der Waals surface area (Å²) >= 11 is 0. The van der Waals surface area contributed by atoms with Crippen molar-refractivity contribution in [1.29, 1.82) is 0 Å². The molecule has 0 unspecified atom stereocenters. The van der Waals surface area contributed by atoms with E-state index in [-0.39, 0.29) is 34.5 Å². The van der Waals surface area contributed by atoms with Gasteiger partial charge in [0.1, 0.15) is 17.1 Å². The molecule has 7 heteroatoms. The molecular weight excluding hydrogens is 400 g/mol. The molecule has 2 aromatic carbocycles. The van der Waals surface area contributed by atoms with Crippen LogP contribution in [-0.2, 0) is 4.74 Å². The number of rotatable bonds is 5. The summed E-state index contributed by atoms with van der Waals surface area (Å²) in [6.45, 7) is 1.78. The van der Waals surface area contributed by atoms with Crippen molar-refractivity contribution in [1.82, 2.24) is 0 Å². The van der Waals surface area contributed by atoms with Gasteiger partial charge in [-0.3, -0.25) is 0 Å². The van der Waals surface area contributed by atoms with Gasteiger partial charge in [0.25, 0.3) is 0 Å². The summed E-state index contributed by atoms with van der Waals surface area (Å²) in [6, 6.07) is 17.0. The number of hydrogen-bond acceptors (Lipinski definition) is 7. The van der Waals surface area contributed by atoms with E-state index in [0.717, 1.165) is 0 Å². The van der Waals surface area contributed by atoms with Crippen LogP contribution >= 0.6 is 0 Å². The molecule has 0 amide bonds. The Morgan fingerprint density at radius 2 is 1.58 bits per heavy atom. The van der Waals surface area contributed by atoms with Crippen molar-refractivity contribution in [2.45, 2.75) is 6.92 Å². The maximum atomic E-state index is 12.9. The monoisotopic (exact) mass is 418 g/mol. The number of fused-ring (bicyclic) bond motifs is 1. The molecule has 0 bridgehead atoms. The van der Waals surface area contributed by atoms with Crippen molar-refractivity contribution >= 4 is 16.7 Å². The molecule has 4 rings (SSSR count). The first-order valence-electron chi connectivity index (χ1n) is 9.55. The van der Waals surface area contributed by atoms with Crippen LogP contribution in [0.4, 0.5) is 0 Å². The van der Waals surface area contributed by atoms with Crippen LogP contribution in [0, 0.1) is 0 Å². The summed E-state index contributed by atoms with van der Waals surface area (Å²) in [5.41, 5.74) is -0.725. The highest BCUT2D eigenvalue weighted by Crippen LogP contribution is 2.31. The van der Waals surface area contributed by atoms with E-state index in [1.807, 2.05) is 0 Å². The first-order valence-corrected chi connectivity index (χ1v) is 9.55. The first kappa shape index (κ1) is 20.2. The highest BCUT2D eigenvalue weighted by molar-refractivity contribution is 6.08. The molecule has 0 N–H and O–H groups in total. The van der Waals surface area contributed by atoms with Gasteiger partial charge in [-0.05, 0) is 37.3 Å². The van der Waals surface area contributed by atoms with Crippen LogP contribution < -0.4 is 16.0 Å². The molecule has 4 aromatic rings. The van der Waals surface area contributed by atoms with E-state index in [1.165, 1.54) is 6.07 Å². The lowest BCUT2D eigenvalue weighted by molar-refractivity contribution is 0.0527. The number of hydrogen-bond donors (Lipinski definition) is 0. The van der Waals surface area contributed by atoms with Crippen LogP contribution in [0.5, 0.6) is 5.75 Å². The van der Waals surface area contributed by atoms with E-state index < -0.39 is 17.2 Å². The quantitative estimate of drug-likeness (QED) is 0.447. The summed E-state index contributed by atoms with van der Waals surface area (Å²) in [6.07, 6.45) is 0.